The van der Waals surface area contributed by atoms with Crippen molar-refractivity contribution in [3.8, 4) is 5.75 Å². The summed E-state index contributed by atoms with van der Waals surface area (Å²) in [5, 5.41) is 2.96. The molecule has 0 saturated carbocycles. The number of pyridine rings is 1. The van der Waals surface area contributed by atoms with Crippen LogP contribution in [0.4, 0.5) is 5.82 Å². The van der Waals surface area contributed by atoms with Crippen molar-refractivity contribution < 1.29 is 14.3 Å². The summed E-state index contributed by atoms with van der Waals surface area (Å²) in [7, 11) is 3.14. The standard InChI is InChI=1S/C19H25N3O3/c1-21-17(19(23)24-2)13-14-8-10-16(11-9-14)25-12-4-6-15-5-3-7-18(20)22-15/h3,5,7-11,17,21H,4,6,12-13H2,1-2H3,(H2,20,22). The number of aryl methyl sites for hydroxylation is 1. The third-order valence-electron chi connectivity index (χ3n) is 3.87. The normalized spacial score (nSPS) is 11.8. The Balaban J connectivity index is 1.77. The van der Waals surface area contributed by atoms with Gasteiger partial charge in [-0.1, -0.05) is 18.2 Å². The number of nitrogens with two attached hydrogens (primary N) is 1. The second-order valence-electron chi connectivity index (χ2n) is 5.72. The summed E-state index contributed by atoms with van der Waals surface area (Å²) >= 11 is 0. The van der Waals surface area contributed by atoms with E-state index in [0.29, 0.717) is 18.8 Å². The third-order valence-corrected chi connectivity index (χ3v) is 3.87. The Hall–Kier alpha value is -2.60. The topological polar surface area (TPSA) is 86.5 Å². The summed E-state index contributed by atoms with van der Waals surface area (Å²) in [4.78, 5) is 15.9. The summed E-state index contributed by atoms with van der Waals surface area (Å²) < 4.78 is 10.5. The van der Waals surface area contributed by atoms with Crippen LogP contribution in [-0.2, 0) is 22.4 Å². The van der Waals surface area contributed by atoms with E-state index in [0.717, 1.165) is 29.8 Å². The summed E-state index contributed by atoms with van der Waals surface area (Å²) in [5.41, 5.74) is 7.68. The number of nitrogens with zero attached hydrogens (tertiary/aromatic N) is 1. The lowest BCUT2D eigenvalue weighted by Crippen LogP contribution is -2.36. The van der Waals surface area contributed by atoms with Gasteiger partial charge in [0.25, 0.3) is 0 Å². The molecule has 0 amide bonds. The quantitative estimate of drug-likeness (QED) is 0.535. The molecule has 1 unspecified atom stereocenters. The van der Waals surface area contributed by atoms with E-state index >= 15 is 0 Å². The number of carbonyl (C=O) groups is 1. The van der Waals surface area contributed by atoms with Crippen LogP contribution in [0, 0.1) is 0 Å². The first-order valence-electron chi connectivity index (χ1n) is 8.30. The van der Waals surface area contributed by atoms with Gasteiger partial charge in [0.15, 0.2) is 0 Å². The van der Waals surface area contributed by atoms with Gasteiger partial charge in [0.05, 0.1) is 13.7 Å². The zero-order valence-corrected chi connectivity index (χ0v) is 14.7. The molecule has 3 N–H and O–H groups in total. The molecular weight excluding hydrogens is 318 g/mol. The molecule has 0 bridgehead atoms. The molecule has 25 heavy (non-hydrogen) atoms. The number of esters is 1. The van der Waals surface area contributed by atoms with E-state index in [2.05, 4.69) is 10.3 Å². The lowest BCUT2D eigenvalue weighted by Gasteiger charge is -2.14. The minimum absolute atomic E-state index is 0.266. The Bertz CT molecular complexity index is 674. The number of rotatable bonds is 9. The molecule has 0 spiro atoms. The van der Waals surface area contributed by atoms with E-state index in [9.17, 15) is 4.79 Å². The van der Waals surface area contributed by atoms with Gasteiger partial charge < -0.3 is 20.5 Å². The van der Waals surface area contributed by atoms with Crippen molar-refractivity contribution in [2.75, 3.05) is 26.5 Å². The van der Waals surface area contributed by atoms with E-state index in [1.165, 1.54) is 7.11 Å². The minimum atomic E-state index is -0.345. The van der Waals surface area contributed by atoms with Crippen LogP contribution in [0.2, 0.25) is 0 Å². The SMILES string of the molecule is CNC(Cc1ccc(OCCCc2cccc(N)n2)cc1)C(=O)OC. The molecule has 6 heteroatoms. The smallest absolute Gasteiger partial charge is 0.323 e. The van der Waals surface area contributed by atoms with Crippen molar-refractivity contribution in [2.24, 2.45) is 0 Å². The number of hydrogen-bond acceptors (Lipinski definition) is 6. The van der Waals surface area contributed by atoms with Crippen LogP contribution in [0.25, 0.3) is 0 Å². The van der Waals surface area contributed by atoms with Gasteiger partial charge in [-0.3, -0.25) is 4.79 Å². The van der Waals surface area contributed by atoms with Gasteiger partial charge in [-0.2, -0.15) is 0 Å². The lowest BCUT2D eigenvalue weighted by molar-refractivity contribution is -0.142. The highest BCUT2D eigenvalue weighted by atomic mass is 16.5. The van der Waals surface area contributed by atoms with Crippen LogP contribution in [0.5, 0.6) is 5.75 Å². The molecule has 0 aliphatic carbocycles. The number of anilines is 1. The molecule has 6 nitrogen and oxygen atoms in total. The molecule has 2 aromatic rings. The monoisotopic (exact) mass is 343 g/mol. The number of nitrogen functional groups attached to an aromatic ring is 1. The molecule has 2 rings (SSSR count). The van der Waals surface area contributed by atoms with Crippen LogP contribution >= 0.6 is 0 Å². The second kappa shape index (κ2) is 9.64. The highest BCUT2D eigenvalue weighted by Gasteiger charge is 2.17. The fourth-order valence-electron chi connectivity index (χ4n) is 2.48. The lowest BCUT2D eigenvalue weighted by atomic mass is 10.1. The van der Waals surface area contributed by atoms with Crippen LogP contribution in [0.3, 0.4) is 0 Å². The number of likely N-dealkylation sites (N-methyl/N-ethyl adjacent to an activating group) is 1. The number of aromatic nitrogens is 1. The number of nitrogens with one attached hydrogen (secondary N) is 1. The predicted molar refractivity (Wildman–Crippen MR) is 97.5 cm³/mol. The van der Waals surface area contributed by atoms with E-state index in [1.54, 1.807) is 13.1 Å². The molecule has 134 valence electrons. The molecular formula is C19H25N3O3. The molecule has 1 aromatic heterocycles. The molecule has 1 heterocycles. The highest BCUT2D eigenvalue weighted by molar-refractivity contribution is 5.76. The molecule has 1 atom stereocenters. The Morgan fingerprint density at radius 3 is 2.64 bits per heavy atom. The van der Waals surface area contributed by atoms with Gasteiger partial charge in [-0.15, -0.1) is 0 Å². The van der Waals surface area contributed by atoms with Gasteiger partial charge >= 0.3 is 5.97 Å². The molecule has 0 fully saturated rings. The van der Waals surface area contributed by atoms with Gasteiger partial charge in [0.1, 0.15) is 17.6 Å². The molecule has 0 saturated heterocycles. The van der Waals surface area contributed by atoms with Crippen molar-refractivity contribution in [1.29, 1.82) is 0 Å². The maximum Gasteiger partial charge on any atom is 0.323 e. The largest absolute Gasteiger partial charge is 0.494 e. The average molecular weight is 343 g/mol. The van der Waals surface area contributed by atoms with Crippen LogP contribution < -0.4 is 15.8 Å². The summed E-state index contributed by atoms with van der Waals surface area (Å²) in [5.74, 6) is 1.09. The van der Waals surface area contributed by atoms with Crippen molar-refractivity contribution in [3.05, 3.63) is 53.7 Å². The van der Waals surface area contributed by atoms with E-state index in [-0.39, 0.29) is 12.0 Å². The summed E-state index contributed by atoms with van der Waals surface area (Å²) in [6.45, 7) is 0.608. The molecule has 0 aliphatic heterocycles. The van der Waals surface area contributed by atoms with Gasteiger partial charge in [-0.25, -0.2) is 4.98 Å². The fraction of sp³-hybridized carbons (Fsp3) is 0.368. The van der Waals surface area contributed by atoms with E-state index in [1.807, 2.05) is 36.4 Å². The Kier molecular flexibility index (Phi) is 7.22. The van der Waals surface area contributed by atoms with E-state index in [4.69, 9.17) is 15.2 Å². The summed E-state index contributed by atoms with van der Waals surface area (Å²) in [6, 6.07) is 13.1. The molecule has 0 radical (unpaired) electrons. The van der Waals surface area contributed by atoms with Gasteiger partial charge in [0.2, 0.25) is 0 Å². The first-order valence-corrected chi connectivity index (χ1v) is 8.30. The number of ether oxygens (including phenoxy) is 2. The predicted octanol–water partition coefficient (Wildman–Crippen LogP) is 1.98. The first-order chi connectivity index (χ1) is 12.1. The molecule has 0 aliphatic rings. The van der Waals surface area contributed by atoms with Crippen LogP contribution in [0.15, 0.2) is 42.5 Å². The van der Waals surface area contributed by atoms with Crippen molar-refractivity contribution in [2.45, 2.75) is 25.3 Å². The van der Waals surface area contributed by atoms with E-state index < -0.39 is 0 Å². The first kappa shape index (κ1) is 18.7. The zero-order chi connectivity index (χ0) is 18.1. The third kappa shape index (κ3) is 6.08. The second-order valence-corrected chi connectivity index (χ2v) is 5.72. The Morgan fingerprint density at radius 2 is 2.00 bits per heavy atom. The van der Waals surface area contributed by atoms with Crippen molar-refractivity contribution in [1.82, 2.24) is 10.3 Å². The highest BCUT2D eigenvalue weighted by Crippen LogP contribution is 2.14. The van der Waals surface area contributed by atoms with Gasteiger partial charge in [-0.05, 0) is 56.1 Å². The van der Waals surface area contributed by atoms with Crippen molar-refractivity contribution in [3.63, 3.8) is 0 Å². The molecule has 1 aromatic carbocycles. The Labute approximate surface area is 148 Å². The maximum absolute atomic E-state index is 11.6. The van der Waals surface area contributed by atoms with Crippen LogP contribution in [0.1, 0.15) is 17.7 Å². The average Bonchev–Trinajstić information content (AvgIpc) is 2.64. The van der Waals surface area contributed by atoms with Gasteiger partial charge in [0, 0.05) is 5.69 Å². The van der Waals surface area contributed by atoms with Crippen LogP contribution in [-0.4, -0.2) is 37.8 Å². The number of benzene rings is 1. The number of hydrogen-bond donors (Lipinski definition) is 2. The number of carbonyl (C=O) groups excluding carboxylic acids is 1. The number of methoxy groups -OCH3 is 1. The van der Waals surface area contributed by atoms with Crippen molar-refractivity contribution >= 4 is 11.8 Å². The minimum Gasteiger partial charge on any atom is -0.494 e. The summed E-state index contributed by atoms with van der Waals surface area (Å²) in [6.07, 6.45) is 2.26. The fourth-order valence-corrected chi connectivity index (χ4v) is 2.48. The maximum atomic E-state index is 11.6. The zero-order valence-electron chi connectivity index (χ0n) is 14.7. The Morgan fingerprint density at radius 1 is 1.24 bits per heavy atom.